The number of aryl methyl sites for hydroxylation is 1. The lowest BCUT2D eigenvalue weighted by atomic mass is 9.97. The van der Waals surface area contributed by atoms with Crippen molar-refractivity contribution in [2.24, 2.45) is 5.92 Å². The number of esters is 1. The van der Waals surface area contributed by atoms with E-state index >= 15 is 0 Å². The van der Waals surface area contributed by atoms with Crippen LogP contribution in [-0.2, 0) is 23.9 Å². The Bertz CT molecular complexity index is 956. The summed E-state index contributed by atoms with van der Waals surface area (Å²) in [6, 6.07) is 2.83. The molecule has 0 aliphatic heterocycles. The number of phenols is 1. The summed E-state index contributed by atoms with van der Waals surface area (Å²) in [6.07, 6.45) is 0.0622. The van der Waals surface area contributed by atoms with Gasteiger partial charge in [-0.25, -0.2) is 4.79 Å². The number of para-hydroxylation sites is 1. The van der Waals surface area contributed by atoms with Crippen LogP contribution in [0, 0.1) is 12.8 Å². The van der Waals surface area contributed by atoms with Gasteiger partial charge in [-0.05, 0) is 58.9 Å². The van der Waals surface area contributed by atoms with Gasteiger partial charge in [-0.2, -0.15) is 0 Å². The van der Waals surface area contributed by atoms with Crippen molar-refractivity contribution in [3.05, 3.63) is 29.3 Å². The summed E-state index contributed by atoms with van der Waals surface area (Å²) in [5.74, 6) is -1.54. The first kappa shape index (κ1) is 32.7. The van der Waals surface area contributed by atoms with E-state index in [1.807, 2.05) is 20.8 Å². The first-order valence-corrected chi connectivity index (χ1v) is 13.2. The molecule has 1 aromatic carbocycles. The molecule has 10 heteroatoms. The van der Waals surface area contributed by atoms with Crippen molar-refractivity contribution < 1.29 is 33.8 Å². The normalized spacial score (nSPS) is 12.9. The number of ether oxygens (including phenoxy) is 2. The number of nitrogens with one attached hydrogen (secondary N) is 2. The fourth-order valence-corrected chi connectivity index (χ4v) is 3.92. The molecule has 0 aromatic heterocycles. The van der Waals surface area contributed by atoms with E-state index in [9.17, 15) is 24.3 Å². The van der Waals surface area contributed by atoms with Crippen LogP contribution in [0.25, 0.3) is 0 Å². The van der Waals surface area contributed by atoms with Crippen LogP contribution in [0.3, 0.4) is 0 Å². The third kappa shape index (κ3) is 10.6. The number of alkyl carbamates (subject to hydrolysis) is 1. The predicted molar refractivity (Wildman–Crippen MR) is 144 cm³/mol. The first-order chi connectivity index (χ1) is 17.7. The molecule has 0 radical (unpaired) electrons. The summed E-state index contributed by atoms with van der Waals surface area (Å²) in [5, 5.41) is 16.3. The van der Waals surface area contributed by atoms with Gasteiger partial charge >= 0.3 is 12.1 Å². The molecule has 0 bridgehead atoms. The zero-order valence-electron chi connectivity index (χ0n) is 24.1. The van der Waals surface area contributed by atoms with E-state index in [1.165, 1.54) is 4.90 Å². The second-order valence-corrected chi connectivity index (χ2v) is 10.6. The van der Waals surface area contributed by atoms with Crippen molar-refractivity contribution in [2.45, 2.75) is 92.3 Å². The molecule has 2 atom stereocenters. The van der Waals surface area contributed by atoms with E-state index in [0.717, 1.165) is 0 Å². The number of benzene rings is 1. The minimum Gasteiger partial charge on any atom is -0.507 e. The van der Waals surface area contributed by atoms with Gasteiger partial charge in [-0.3, -0.25) is 14.4 Å². The van der Waals surface area contributed by atoms with E-state index in [1.54, 1.807) is 52.8 Å². The van der Waals surface area contributed by atoms with E-state index < -0.39 is 41.6 Å². The highest BCUT2D eigenvalue weighted by atomic mass is 16.6. The monoisotopic (exact) mass is 535 g/mol. The Morgan fingerprint density at radius 1 is 1.11 bits per heavy atom. The van der Waals surface area contributed by atoms with Crippen LogP contribution < -0.4 is 10.6 Å². The molecule has 0 fully saturated rings. The standard InChI is InChI=1S/C28H45N3O7/c1-9-16-31(26(35)21(17-18(3)4)30-27(36)38-28(6,7)8)23(20-13-11-12-19(5)24(20)33)25(34)29-15-14-22(32)37-10-2/h11-13,18,21,23,33H,9-10,14-17H2,1-8H3,(H,29,34)(H,30,36). The van der Waals surface area contributed by atoms with Gasteiger partial charge in [0.2, 0.25) is 11.8 Å². The van der Waals surface area contributed by atoms with Crippen LogP contribution in [-0.4, -0.2) is 65.2 Å². The van der Waals surface area contributed by atoms with Crippen molar-refractivity contribution in [3.8, 4) is 5.75 Å². The molecule has 0 aliphatic carbocycles. The molecule has 10 nitrogen and oxygen atoms in total. The van der Waals surface area contributed by atoms with Crippen LogP contribution in [0.5, 0.6) is 5.75 Å². The Hall–Kier alpha value is -3.30. The first-order valence-electron chi connectivity index (χ1n) is 13.2. The number of hydrogen-bond donors (Lipinski definition) is 3. The summed E-state index contributed by atoms with van der Waals surface area (Å²) in [5.41, 5.74) is 0.0372. The van der Waals surface area contributed by atoms with E-state index in [-0.39, 0.29) is 43.3 Å². The molecule has 214 valence electrons. The van der Waals surface area contributed by atoms with Crippen LogP contribution in [0.2, 0.25) is 0 Å². The Kier molecular flexibility index (Phi) is 13.1. The number of aromatic hydroxyl groups is 1. The number of nitrogens with zero attached hydrogens (tertiary/aromatic N) is 1. The molecule has 3 amide bonds. The zero-order chi connectivity index (χ0) is 29.0. The van der Waals surface area contributed by atoms with Gasteiger partial charge in [0.1, 0.15) is 23.4 Å². The molecule has 38 heavy (non-hydrogen) atoms. The maximum atomic E-state index is 14.0. The van der Waals surface area contributed by atoms with E-state index in [2.05, 4.69) is 10.6 Å². The minimum atomic E-state index is -1.19. The topological polar surface area (TPSA) is 134 Å². The third-order valence-electron chi connectivity index (χ3n) is 5.50. The van der Waals surface area contributed by atoms with Gasteiger partial charge in [0.15, 0.2) is 0 Å². The molecule has 0 aliphatic rings. The number of amides is 3. The smallest absolute Gasteiger partial charge is 0.408 e. The third-order valence-corrected chi connectivity index (χ3v) is 5.50. The van der Waals surface area contributed by atoms with Gasteiger partial charge in [0, 0.05) is 18.7 Å². The highest BCUT2D eigenvalue weighted by molar-refractivity contribution is 5.92. The van der Waals surface area contributed by atoms with Crippen molar-refractivity contribution in [1.82, 2.24) is 15.5 Å². The Morgan fingerprint density at radius 2 is 1.76 bits per heavy atom. The number of rotatable bonds is 13. The average Bonchev–Trinajstić information content (AvgIpc) is 2.79. The number of carbonyl (C=O) groups is 4. The average molecular weight is 536 g/mol. The molecule has 0 saturated carbocycles. The van der Waals surface area contributed by atoms with Crippen LogP contribution >= 0.6 is 0 Å². The van der Waals surface area contributed by atoms with Gasteiger partial charge in [0.05, 0.1) is 13.0 Å². The fraction of sp³-hybridized carbons (Fsp3) is 0.643. The van der Waals surface area contributed by atoms with Gasteiger partial charge in [-0.15, -0.1) is 0 Å². The van der Waals surface area contributed by atoms with Gasteiger partial charge in [-0.1, -0.05) is 39.0 Å². The Balaban J connectivity index is 3.43. The largest absolute Gasteiger partial charge is 0.507 e. The molecule has 3 N–H and O–H groups in total. The lowest BCUT2D eigenvalue weighted by Crippen LogP contribution is -2.53. The van der Waals surface area contributed by atoms with Gasteiger partial charge < -0.3 is 30.1 Å². The second kappa shape index (κ2) is 15.2. The molecule has 0 spiro atoms. The Morgan fingerprint density at radius 3 is 2.32 bits per heavy atom. The quantitative estimate of drug-likeness (QED) is 0.325. The number of hydrogen-bond acceptors (Lipinski definition) is 7. The molecular formula is C28H45N3O7. The summed E-state index contributed by atoms with van der Waals surface area (Å²) in [7, 11) is 0. The summed E-state index contributed by atoms with van der Waals surface area (Å²) in [4.78, 5) is 53.3. The molecule has 0 saturated heterocycles. The van der Waals surface area contributed by atoms with E-state index in [4.69, 9.17) is 9.47 Å². The maximum absolute atomic E-state index is 14.0. The van der Waals surface area contributed by atoms with Crippen molar-refractivity contribution in [3.63, 3.8) is 0 Å². The Labute approximate surface area is 226 Å². The molecule has 2 unspecified atom stereocenters. The molecule has 1 rings (SSSR count). The number of phenolic OH excluding ortho intramolecular Hbond substituents is 1. The van der Waals surface area contributed by atoms with Crippen molar-refractivity contribution >= 4 is 23.9 Å². The fourth-order valence-electron chi connectivity index (χ4n) is 3.92. The summed E-state index contributed by atoms with van der Waals surface area (Å²) in [6.45, 7) is 14.7. The predicted octanol–water partition coefficient (Wildman–Crippen LogP) is 3.99. The SMILES string of the molecule is CCCN(C(=O)C(CC(C)C)NC(=O)OC(C)(C)C)C(C(=O)NCCC(=O)OCC)c1cccc(C)c1O. The van der Waals surface area contributed by atoms with Crippen LogP contribution in [0.15, 0.2) is 18.2 Å². The minimum absolute atomic E-state index is 0.000477. The summed E-state index contributed by atoms with van der Waals surface area (Å²) >= 11 is 0. The second-order valence-electron chi connectivity index (χ2n) is 10.6. The lowest BCUT2D eigenvalue weighted by Gasteiger charge is -2.35. The van der Waals surface area contributed by atoms with E-state index in [0.29, 0.717) is 18.4 Å². The van der Waals surface area contributed by atoms with Crippen molar-refractivity contribution in [2.75, 3.05) is 19.7 Å². The van der Waals surface area contributed by atoms with Gasteiger partial charge in [0.25, 0.3) is 0 Å². The molecule has 0 heterocycles. The zero-order valence-corrected chi connectivity index (χ0v) is 24.1. The highest BCUT2D eigenvalue weighted by Gasteiger charge is 2.37. The maximum Gasteiger partial charge on any atom is 0.408 e. The highest BCUT2D eigenvalue weighted by Crippen LogP contribution is 2.32. The summed E-state index contributed by atoms with van der Waals surface area (Å²) < 4.78 is 10.3. The van der Waals surface area contributed by atoms with Crippen molar-refractivity contribution in [1.29, 1.82) is 0 Å². The lowest BCUT2D eigenvalue weighted by molar-refractivity contribution is -0.144. The van der Waals surface area contributed by atoms with Crippen LogP contribution in [0.4, 0.5) is 4.79 Å². The molecule has 1 aromatic rings. The molecular weight excluding hydrogens is 490 g/mol. The number of carbonyl (C=O) groups excluding carboxylic acids is 4. The van der Waals surface area contributed by atoms with Crippen LogP contribution in [0.1, 0.15) is 84.9 Å².